The average molecular weight is 324 g/mol. The molecule has 0 bridgehead atoms. The molecule has 0 saturated carbocycles. The van der Waals surface area contributed by atoms with Crippen LogP contribution in [0.15, 0.2) is 55.0 Å². The molecule has 0 aliphatic heterocycles. The van der Waals surface area contributed by atoms with Crippen LogP contribution in [0.3, 0.4) is 0 Å². The molecule has 0 atom stereocenters. The fourth-order valence-corrected chi connectivity index (χ4v) is 2.63. The number of halogens is 1. The first-order valence-corrected chi connectivity index (χ1v) is 7.55. The van der Waals surface area contributed by atoms with Gasteiger partial charge in [-0.05, 0) is 43.7 Å². The van der Waals surface area contributed by atoms with Crippen molar-refractivity contribution in [3.8, 4) is 5.69 Å². The van der Waals surface area contributed by atoms with Crippen LogP contribution >= 0.6 is 0 Å². The lowest BCUT2D eigenvalue weighted by Gasteiger charge is -2.09. The maximum absolute atomic E-state index is 13.0. The second kappa shape index (κ2) is 6.66. The molecule has 0 spiro atoms. The van der Waals surface area contributed by atoms with Crippen molar-refractivity contribution in [2.45, 2.75) is 20.5 Å². The molecule has 1 aromatic heterocycles. The van der Waals surface area contributed by atoms with Crippen molar-refractivity contribution in [2.24, 2.45) is 0 Å². The summed E-state index contributed by atoms with van der Waals surface area (Å²) in [6, 6.07) is 11.9. The maximum Gasteiger partial charge on any atom is 0.357 e. The number of imidazole rings is 1. The smallest absolute Gasteiger partial charge is 0.357 e. The van der Waals surface area contributed by atoms with Crippen molar-refractivity contribution in [3.63, 3.8) is 0 Å². The molecular formula is C19H17FN2O2. The third kappa shape index (κ3) is 3.51. The predicted octanol–water partition coefficient (Wildman–Crippen LogP) is 3.99. The van der Waals surface area contributed by atoms with Crippen LogP contribution in [0.4, 0.5) is 4.39 Å². The zero-order valence-corrected chi connectivity index (χ0v) is 13.5. The van der Waals surface area contributed by atoms with Gasteiger partial charge in [-0.1, -0.05) is 29.3 Å². The molecule has 0 radical (unpaired) electrons. The summed E-state index contributed by atoms with van der Waals surface area (Å²) in [4.78, 5) is 16.3. The SMILES string of the molecule is Cc1cc(C)cc(COC(=O)c2cncn2-c2ccc(F)cc2)c1. The van der Waals surface area contributed by atoms with Crippen molar-refractivity contribution in [3.05, 3.63) is 83.2 Å². The number of rotatable bonds is 4. The van der Waals surface area contributed by atoms with Gasteiger partial charge < -0.3 is 4.74 Å². The Bertz CT molecular complexity index is 849. The molecular weight excluding hydrogens is 307 g/mol. The van der Waals surface area contributed by atoms with Crippen LogP contribution in [-0.2, 0) is 11.3 Å². The van der Waals surface area contributed by atoms with E-state index < -0.39 is 5.97 Å². The quantitative estimate of drug-likeness (QED) is 0.682. The van der Waals surface area contributed by atoms with Crippen LogP contribution in [0.5, 0.6) is 0 Å². The Hall–Kier alpha value is -2.95. The van der Waals surface area contributed by atoms with Gasteiger partial charge in [-0.3, -0.25) is 4.57 Å². The number of hydrogen-bond acceptors (Lipinski definition) is 3. The topological polar surface area (TPSA) is 44.1 Å². The van der Waals surface area contributed by atoms with Gasteiger partial charge in [0.15, 0.2) is 5.69 Å². The number of aromatic nitrogens is 2. The van der Waals surface area contributed by atoms with Crippen LogP contribution < -0.4 is 0 Å². The highest BCUT2D eigenvalue weighted by Crippen LogP contribution is 2.15. The third-order valence-corrected chi connectivity index (χ3v) is 3.60. The Morgan fingerprint density at radius 3 is 2.46 bits per heavy atom. The predicted molar refractivity (Wildman–Crippen MR) is 88.6 cm³/mol. The average Bonchev–Trinajstić information content (AvgIpc) is 3.02. The maximum atomic E-state index is 13.0. The summed E-state index contributed by atoms with van der Waals surface area (Å²) in [5, 5.41) is 0. The van der Waals surface area contributed by atoms with Gasteiger partial charge >= 0.3 is 5.97 Å². The monoisotopic (exact) mass is 324 g/mol. The van der Waals surface area contributed by atoms with Crippen molar-refractivity contribution in [1.29, 1.82) is 0 Å². The third-order valence-electron chi connectivity index (χ3n) is 3.60. The Kier molecular flexibility index (Phi) is 4.42. The van der Waals surface area contributed by atoms with Crippen molar-refractivity contribution in [2.75, 3.05) is 0 Å². The van der Waals surface area contributed by atoms with E-state index in [1.165, 1.54) is 24.7 Å². The number of aryl methyl sites for hydroxylation is 2. The van der Waals surface area contributed by atoms with E-state index in [0.717, 1.165) is 16.7 Å². The van der Waals surface area contributed by atoms with Crippen LogP contribution in [-0.4, -0.2) is 15.5 Å². The number of ether oxygens (including phenoxy) is 1. The fourth-order valence-electron chi connectivity index (χ4n) is 2.63. The highest BCUT2D eigenvalue weighted by molar-refractivity contribution is 5.88. The summed E-state index contributed by atoms with van der Waals surface area (Å²) in [7, 11) is 0. The molecule has 5 heteroatoms. The molecule has 0 aliphatic carbocycles. The Morgan fingerprint density at radius 2 is 1.79 bits per heavy atom. The Labute approximate surface area is 139 Å². The van der Waals surface area contributed by atoms with Crippen LogP contribution in [0.25, 0.3) is 5.69 Å². The van der Waals surface area contributed by atoms with Crippen LogP contribution in [0.2, 0.25) is 0 Å². The standard InChI is InChI=1S/C19H17FN2O2/c1-13-7-14(2)9-15(8-13)11-24-19(23)18-10-21-12-22(18)17-5-3-16(20)4-6-17/h3-10,12H,11H2,1-2H3. The van der Waals surface area contributed by atoms with Gasteiger partial charge in [0.05, 0.1) is 12.5 Å². The van der Waals surface area contributed by atoms with E-state index in [9.17, 15) is 9.18 Å². The largest absolute Gasteiger partial charge is 0.456 e. The number of hydrogen-bond donors (Lipinski definition) is 0. The summed E-state index contributed by atoms with van der Waals surface area (Å²) in [6.07, 6.45) is 2.94. The lowest BCUT2D eigenvalue weighted by Crippen LogP contribution is -2.11. The lowest BCUT2D eigenvalue weighted by molar-refractivity contribution is 0.0463. The molecule has 3 aromatic rings. The van der Waals surface area contributed by atoms with Gasteiger partial charge in [-0.2, -0.15) is 0 Å². The minimum Gasteiger partial charge on any atom is -0.456 e. The molecule has 24 heavy (non-hydrogen) atoms. The fraction of sp³-hybridized carbons (Fsp3) is 0.158. The summed E-state index contributed by atoms with van der Waals surface area (Å²) in [6.45, 7) is 4.19. The first-order chi connectivity index (χ1) is 11.5. The van der Waals surface area contributed by atoms with Gasteiger partial charge in [-0.15, -0.1) is 0 Å². The number of carbonyl (C=O) groups is 1. The Balaban J connectivity index is 1.76. The molecule has 4 nitrogen and oxygen atoms in total. The summed E-state index contributed by atoms with van der Waals surface area (Å²) < 4.78 is 20.0. The molecule has 0 aliphatic rings. The molecule has 3 rings (SSSR count). The number of benzene rings is 2. The van der Waals surface area contributed by atoms with Gasteiger partial charge in [0.2, 0.25) is 0 Å². The minimum atomic E-state index is -0.476. The first kappa shape index (κ1) is 15.9. The number of nitrogens with zero attached hydrogens (tertiary/aromatic N) is 2. The van der Waals surface area contributed by atoms with E-state index in [2.05, 4.69) is 11.1 Å². The highest BCUT2D eigenvalue weighted by atomic mass is 19.1. The summed E-state index contributed by atoms with van der Waals surface area (Å²) in [5.74, 6) is -0.811. The summed E-state index contributed by atoms with van der Waals surface area (Å²) in [5.41, 5.74) is 4.13. The first-order valence-electron chi connectivity index (χ1n) is 7.55. The molecule has 122 valence electrons. The van der Waals surface area contributed by atoms with Crippen molar-refractivity contribution in [1.82, 2.24) is 9.55 Å². The molecule has 0 fully saturated rings. The molecule has 0 N–H and O–H groups in total. The van der Waals surface area contributed by atoms with Crippen molar-refractivity contribution >= 4 is 5.97 Å². The molecule has 1 heterocycles. The second-order valence-electron chi connectivity index (χ2n) is 5.70. The van der Waals surface area contributed by atoms with E-state index in [1.54, 1.807) is 16.7 Å². The molecule has 0 amide bonds. The number of esters is 1. The van der Waals surface area contributed by atoms with Gasteiger partial charge in [0.1, 0.15) is 12.4 Å². The Morgan fingerprint density at radius 1 is 1.12 bits per heavy atom. The highest BCUT2D eigenvalue weighted by Gasteiger charge is 2.15. The van der Waals surface area contributed by atoms with E-state index in [0.29, 0.717) is 11.4 Å². The second-order valence-corrected chi connectivity index (χ2v) is 5.70. The van der Waals surface area contributed by atoms with Crippen LogP contribution in [0, 0.1) is 19.7 Å². The van der Waals surface area contributed by atoms with Gasteiger partial charge in [-0.25, -0.2) is 14.2 Å². The van der Waals surface area contributed by atoms with Crippen molar-refractivity contribution < 1.29 is 13.9 Å². The van der Waals surface area contributed by atoms with Gasteiger partial charge in [0.25, 0.3) is 0 Å². The summed E-state index contributed by atoms with van der Waals surface area (Å²) >= 11 is 0. The molecule has 0 saturated heterocycles. The van der Waals surface area contributed by atoms with Crippen LogP contribution in [0.1, 0.15) is 27.2 Å². The van der Waals surface area contributed by atoms with E-state index >= 15 is 0 Å². The molecule has 0 unspecified atom stereocenters. The minimum absolute atomic E-state index is 0.190. The van der Waals surface area contributed by atoms with Gasteiger partial charge in [0, 0.05) is 5.69 Å². The molecule has 2 aromatic carbocycles. The van der Waals surface area contributed by atoms with E-state index in [1.807, 2.05) is 26.0 Å². The van der Waals surface area contributed by atoms with E-state index in [4.69, 9.17) is 4.74 Å². The zero-order chi connectivity index (χ0) is 17.1. The zero-order valence-electron chi connectivity index (χ0n) is 13.5. The van der Waals surface area contributed by atoms with E-state index in [-0.39, 0.29) is 12.4 Å². The normalized spacial score (nSPS) is 10.6. The number of carbonyl (C=O) groups excluding carboxylic acids is 1. The lowest BCUT2D eigenvalue weighted by atomic mass is 10.1.